The van der Waals surface area contributed by atoms with E-state index in [4.69, 9.17) is 4.74 Å². The number of fused-ring (bicyclic) bond motifs is 1. The van der Waals surface area contributed by atoms with Crippen LogP contribution in [0.5, 0.6) is 0 Å². The summed E-state index contributed by atoms with van der Waals surface area (Å²) in [5.41, 5.74) is 5.07. The predicted octanol–water partition coefficient (Wildman–Crippen LogP) is 4.36. The average Bonchev–Trinajstić information content (AvgIpc) is 3.13. The first kappa shape index (κ1) is 20.5. The number of ether oxygens (including phenoxy) is 1. The summed E-state index contributed by atoms with van der Waals surface area (Å²) in [4.78, 5) is 29.7. The number of carbonyl (C=O) groups excluding carboxylic acids is 2. The Bertz CT molecular complexity index is 1030. The van der Waals surface area contributed by atoms with Crippen molar-refractivity contribution in [2.24, 2.45) is 5.92 Å². The van der Waals surface area contributed by atoms with Crippen LogP contribution in [-0.2, 0) is 11.3 Å². The fraction of sp³-hybridized carbons (Fsp3) is 0.364. The number of hydrogen-bond donors (Lipinski definition) is 1. The largest absolute Gasteiger partial charge is 0.449 e. The topological polar surface area (TPSA) is 88.2 Å². The first-order valence-electron chi connectivity index (χ1n) is 9.73. The maximum absolute atomic E-state index is 12.4. The molecule has 0 aliphatic carbocycles. The van der Waals surface area contributed by atoms with Crippen molar-refractivity contribution in [3.05, 3.63) is 47.4 Å². The van der Waals surface area contributed by atoms with Crippen LogP contribution in [0.4, 0.5) is 4.79 Å². The van der Waals surface area contributed by atoms with E-state index in [2.05, 4.69) is 15.2 Å². The van der Waals surface area contributed by atoms with E-state index in [1.54, 1.807) is 17.3 Å². The van der Waals surface area contributed by atoms with Crippen LogP contribution in [0, 0.1) is 12.8 Å². The van der Waals surface area contributed by atoms with Crippen LogP contribution in [-0.4, -0.2) is 45.6 Å². The molecule has 0 saturated heterocycles. The highest BCUT2D eigenvalue weighted by molar-refractivity contribution is 5.97. The van der Waals surface area contributed by atoms with Gasteiger partial charge in [-0.25, -0.2) is 4.79 Å². The van der Waals surface area contributed by atoms with Crippen molar-refractivity contribution < 1.29 is 14.3 Å². The number of nitrogens with one attached hydrogen (secondary N) is 1. The highest BCUT2D eigenvalue weighted by atomic mass is 16.6. The molecule has 0 bridgehead atoms. The van der Waals surface area contributed by atoms with Crippen LogP contribution in [0.2, 0.25) is 0 Å². The maximum Gasteiger partial charge on any atom is 0.410 e. The average molecular weight is 394 g/mol. The zero-order chi connectivity index (χ0) is 21.0. The monoisotopic (exact) mass is 394 g/mol. The molecule has 0 aliphatic heterocycles. The van der Waals surface area contributed by atoms with Crippen LogP contribution in [0.15, 0.2) is 30.6 Å². The molecule has 0 fully saturated rings. The lowest BCUT2D eigenvalue weighted by Crippen LogP contribution is -2.32. The quantitative estimate of drug-likeness (QED) is 0.602. The molecule has 2 aromatic heterocycles. The van der Waals surface area contributed by atoms with Gasteiger partial charge in [0, 0.05) is 29.9 Å². The van der Waals surface area contributed by atoms with Crippen molar-refractivity contribution in [3.8, 4) is 11.1 Å². The lowest BCUT2D eigenvalue weighted by atomic mass is 9.98. The molecule has 3 rings (SSSR count). The first-order chi connectivity index (χ1) is 13.9. The van der Waals surface area contributed by atoms with Crippen molar-refractivity contribution in [3.63, 3.8) is 0 Å². The second kappa shape index (κ2) is 8.86. The van der Waals surface area contributed by atoms with Crippen molar-refractivity contribution in [2.45, 2.75) is 34.2 Å². The van der Waals surface area contributed by atoms with E-state index >= 15 is 0 Å². The van der Waals surface area contributed by atoms with Crippen LogP contribution >= 0.6 is 0 Å². The Balaban J connectivity index is 1.89. The molecular weight excluding hydrogens is 368 g/mol. The number of pyridine rings is 1. The minimum absolute atomic E-state index is 0.290. The van der Waals surface area contributed by atoms with Crippen molar-refractivity contribution in [2.75, 3.05) is 13.2 Å². The lowest BCUT2D eigenvalue weighted by molar-refractivity contribution is 0.0914. The van der Waals surface area contributed by atoms with E-state index in [-0.39, 0.29) is 6.09 Å². The summed E-state index contributed by atoms with van der Waals surface area (Å²) in [7, 11) is 0. The van der Waals surface area contributed by atoms with Crippen LogP contribution in [0.25, 0.3) is 22.0 Å². The Morgan fingerprint density at radius 2 is 2.10 bits per heavy atom. The highest BCUT2D eigenvalue weighted by Crippen LogP contribution is 2.29. The summed E-state index contributed by atoms with van der Waals surface area (Å²) >= 11 is 0. The van der Waals surface area contributed by atoms with E-state index in [0.717, 1.165) is 39.4 Å². The number of rotatable bonds is 7. The molecule has 3 aromatic rings. The highest BCUT2D eigenvalue weighted by Gasteiger charge is 2.17. The third-order valence-electron chi connectivity index (χ3n) is 4.87. The van der Waals surface area contributed by atoms with Gasteiger partial charge in [-0.15, -0.1) is 0 Å². The number of aldehydes is 1. The standard InChI is InChI=1S/C22H26N4O3/c1-5-26(22(28)29-13-14(2)3)11-17-9-23-10-19(15(17)4)16-6-7-20-18(8-16)21(12-27)25-24-20/h6-10,12,14H,5,11,13H2,1-4H3,(H,24,25). The summed E-state index contributed by atoms with van der Waals surface area (Å²) in [5, 5.41) is 7.65. The molecule has 152 valence electrons. The van der Waals surface area contributed by atoms with Gasteiger partial charge in [-0.05, 0) is 48.6 Å². The fourth-order valence-electron chi connectivity index (χ4n) is 3.15. The van der Waals surface area contributed by atoms with Crippen molar-refractivity contribution in [1.82, 2.24) is 20.1 Å². The van der Waals surface area contributed by atoms with Gasteiger partial charge < -0.3 is 9.64 Å². The second-order valence-corrected chi connectivity index (χ2v) is 7.44. The zero-order valence-electron chi connectivity index (χ0n) is 17.2. The second-order valence-electron chi connectivity index (χ2n) is 7.44. The molecule has 29 heavy (non-hydrogen) atoms. The van der Waals surface area contributed by atoms with Gasteiger partial charge in [-0.1, -0.05) is 19.9 Å². The van der Waals surface area contributed by atoms with Gasteiger partial charge >= 0.3 is 6.09 Å². The number of nitrogens with zero attached hydrogens (tertiary/aromatic N) is 3. The van der Waals surface area contributed by atoms with Gasteiger partial charge in [0.2, 0.25) is 0 Å². The van der Waals surface area contributed by atoms with E-state index in [0.29, 0.717) is 31.3 Å². The van der Waals surface area contributed by atoms with Crippen LogP contribution in [0.1, 0.15) is 42.4 Å². The Morgan fingerprint density at radius 1 is 1.31 bits per heavy atom. The molecule has 7 nitrogen and oxygen atoms in total. The number of aromatic amines is 1. The number of H-pyrrole nitrogens is 1. The Hall–Kier alpha value is -3.22. The third-order valence-corrected chi connectivity index (χ3v) is 4.87. The van der Waals surface area contributed by atoms with Gasteiger partial charge in [0.25, 0.3) is 0 Å². The van der Waals surface area contributed by atoms with E-state index in [9.17, 15) is 9.59 Å². The molecule has 0 aliphatic rings. The third kappa shape index (κ3) is 4.45. The molecule has 1 N–H and O–H groups in total. The molecule has 0 spiro atoms. The maximum atomic E-state index is 12.4. The Morgan fingerprint density at radius 3 is 2.79 bits per heavy atom. The Kier molecular flexibility index (Phi) is 6.26. The van der Waals surface area contributed by atoms with Crippen LogP contribution < -0.4 is 0 Å². The normalized spacial score (nSPS) is 11.1. The van der Waals surface area contributed by atoms with Gasteiger partial charge in [-0.3, -0.25) is 14.9 Å². The van der Waals surface area contributed by atoms with Gasteiger partial charge in [0.15, 0.2) is 6.29 Å². The molecule has 0 unspecified atom stereocenters. The SMILES string of the molecule is CCN(Cc1cncc(-c2ccc3n[nH]c(C=O)c3c2)c1C)C(=O)OCC(C)C. The summed E-state index contributed by atoms with van der Waals surface area (Å²) in [6, 6.07) is 5.77. The van der Waals surface area contributed by atoms with Crippen LogP contribution in [0.3, 0.4) is 0 Å². The number of carbonyl (C=O) groups is 2. The molecule has 0 atom stereocenters. The molecular formula is C22H26N4O3. The summed E-state index contributed by atoms with van der Waals surface area (Å²) < 4.78 is 5.37. The Labute approximate surface area is 170 Å². The first-order valence-corrected chi connectivity index (χ1v) is 9.73. The molecule has 2 heterocycles. The summed E-state index contributed by atoms with van der Waals surface area (Å²) in [5.74, 6) is 0.290. The number of amides is 1. The molecule has 0 radical (unpaired) electrons. The number of hydrogen-bond acceptors (Lipinski definition) is 5. The van der Waals surface area contributed by atoms with E-state index < -0.39 is 0 Å². The summed E-state index contributed by atoms with van der Waals surface area (Å²) in [6.07, 6.45) is 4.03. The van der Waals surface area contributed by atoms with Crippen molar-refractivity contribution in [1.29, 1.82) is 0 Å². The zero-order valence-corrected chi connectivity index (χ0v) is 17.2. The van der Waals surface area contributed by atoms with Gasteiger partial charge in [-0.2, -0.15) is 5.10 Å². The van der Waals surface area contributed by atoms with E-state index in [1.807, 2.05) is 45.9 Å². The smallest absolute Gasteiger partial charge is 0.410 e. The van der Waals surface area contributed by atoms with Gasteiger partial charge in [0.05, 0.1) is 18.7 Å². The molecule has 1 aromatic carbocycles. The van der Waals surface area contributed by atoms with Crippen molar-refractivity contribution >= 4 is 23.3 Å². The van der Waals surface area contributed by atoms with E-state index in [1.165, 1.54) is 0 Å². The lowest BCUT2D eigenvalue weighted by Gasteiger charge is -2.22. The minimum atomic E-state index is -0.318. The number of aromatic nitrogens is 3. The molecule has 7 heteroatoms. The summed E-state index contributed by atoms with van der Waals surface area (Å²) in [6.45, 7) is 9.33. The minimum Gasteiger partial charge on any atom is -0.449 e. The fourth-order valence-corrected chi connectivity index (χ4v) is 3.15. The predicted molar refractivity (Wildman–Crippen MR) is 112 cm³/mol. The molecule has 0 saturated carbocycles. The molecule has 1 amide bonds. The number of benzene rings is 1. The van der Waals surface area contributed by atoms with Gasteiger partial charge in [0.1, 0.15) is 5.69 Å².